The molecule has 1 aromatic carbocycles. The lowest BCUT2D eigenvalue weighted by Crippen LogP contribution is -2.47. The fourth-order valence-electron chi connectivity index (χ4n) is 6.24. The van der Waals surface area contributed by atoms with Gasteiger partial charge in [0.2, 0.25) is 5.88 Å². The number of anilines is 1. The highest BCUT2D eigenvalue weighted by atomic mass is 32.1. The minimum atomic E-state index is -0.873. The summed E-state index contributed by atoms with van der Waals surface area (Å²) in [6.45, 7) is 0. The second kappa shape index (κ2) is 9.46. The van der Waals surface area contributed by atoms with E-state index in [1.807, 2.05) is 55.0 Å². The summed E-state index contributed by atoms with van der Waals surface area (Å²) in [7, 11) is 0. The number of rotatable bonds is 6. The number of nitrogens with one attached hydrogen (secondary N) is 2. The maximum absolute atomic E-state index is 6.27. The Balaban J connectivity index is 1.57. The van der Waals surface area contributed by atoms with Gasteiger partial charge in [-0.15, -0.1) is 11.3 Å². The van der Waals surface area contributed by atoms with E-state index >= 15 is 0 Å². The highest BCUT2D eigenvalue weighted by Gasteiger charge is 2.60. The molecule has 198 valence electrons. The number of aromatic nitrogens is 5. The Morgan fingerprint density at radius 2 is 1.80 bits per heavy atom. The molecule has 0 radical (unpaired) electrons. The Hall–Kier alpha value is -5.21. The first-order valence-electron chi connectivity index (χ1n) is 13.4. The molecule has 2 unspecified atom stereocenters. The first kappa shape index (κ1) is 23.7. The summed E-state index contributed by atoms with van der Waals surface area (Å²) in [5.74, 6) is 0.407. The number of benzene rings is 1. The van der Waals surface area contributed by atoms with E-state index < -0.39 is 5.54 Å². The Labute approximate surface area is 239 Å². The van der Waals surface area contributed by atoms with Gasteiger partial charge in [-0.2, -0.15) is 0 Å². The van der Waals surface area contributed by atoms with E-state index in [4.69, 9.17) is 14.4 Å². The van der Waals surface area contributed by atoms with E-state index in [0.29, 0.717) is 5.88 Å². The third-order valence-corrected chi connectivity index (χ3v) is 8.77. The second-order valence-corrected chi connectivity index (χ2v) is 10.9. The number of para-hydroxylation sites is 1. The van der Waals surface area contributed by atoms with Crippen molar-refractivity contribution in [2.24, 2.45) is 0 Å². The number of aromatic amines is 2. The van der Waals surface area contributed by atoms with Crippen LogP contribution in [-0.4, -0.2) is 24.9 Å². The molecule has 41 heavy (non-hydrogen) atoms. The van der Waals surface area contributed by atoms with Crippen LogP contribution in [0.2, 0.25) is 0 Å². The quantitative estimate of drug-likeness (QED) is 0.224. The van der Waals surface area contributed by atoms with Gasteiger partial charge in [0, 0.05) is 57.9 Å². The van der Waals surface area contributed by atoms with Crippen LogP contribution in [0, 0.1) is 0 Å². The molecule has 7 nitrogen and oxygen atoms in total. The molecule has 0 saturated carbocycles. The molecule has 0 fully saturated rings. The smallest absolute Gasteiger partial charge is 0.200 e. The van der Waals surface area contributed by atoms with Gasteiger partial charge in [-0.05, 0) is 53.9 Å². The molecule has 8 heteroatoms. The van der Waals surface area contributed by atoms with Gasteiger partial charge in [-0.3, -0.25) is 19.9 Å². The van der Waals surface area contributed by atoms with Crippen molar-refractivity contribution in [1.82, 2.24) is 24.9 Å². The van der Waals surface area contributed by atoms with Crippen LogP contribution in [0.15, 0.2) is 132 Å². The van der Waals surface area contributed by atoms with Gasteiger partial charge >= 0.3 is 0 Å². The average molecular weight is 553 g/mol. The predicted molar refractivity (Wildman–Crippen MR) is 161 cm³/mol. The molecule has 1 aliphatic rings. The number of fused-ring (bicyclic) bond motifs is 1. The van der Waals surface area contributed by atoms with Crippen LogP contribution in [0.3, 0.4) is 0 Å². The van der Waals surface area contributed by atoms with Crippen LogP contribution in [0.25, 0.3) is 22.2 Å². The van der Waals surface area contributed by atoms with E-state index in [-0.39, 0.29) is 5.92 Å². The van der Waals surface area contributed by atoms with Gasteiger partial charge in [0.15, 0.2) is 0 Å². The molecule has 0 spiro atoms. The van der Waals surface area contributed by atoms with E-state index in [0.717, 1.165) is 49.8 Å². The van der Waals surface area contributed by atoms with Crippen molar-refractivity contribution >= 4 is 39.4 Å². The van der Waals surface area contributed by atoms with E-state index in [9.17, 15) is 0 Å². The largest absolute Gasteiger partial charge is 0.448 e. The molecule has 0 aliphatic carbocycles. The van der Waals surface area contributed by atoms with Crippen molar-refractivity contribution in [3.63, 3.8) is 0 Å². The van der Waals surface area contributed by atoms with E-state index in [2.05, 4.69) is 73.8 Å². The number of H-pyrrole nitrogens is 2. The summed E-state index contributed by atoms with van der Waals surface area (Å²) in [5, 5.41) is 3.24. The molecule has 1 aliphatic heterocycles. The highest BCUT2D eigenvalue weighted by Crippen LogP contribution is 2.63. The fraction of sp³-hybridized carbons (Fsp3) is 0.0606. The first-order chi connectivity index (χ1) is 20.4. The molecule has 0 amide bonds. The summed E-state index contributed by atoms with van der Waals surface area (Å²) in [6.07, 6.45) is 10.9. The van der Waals surface area contributed by atoms with Crippen molar-refractivity contribution in [2.45, 2.75) is 11.5 Å². The summed E-state index contributed by atoms with van der Waals surface area (Å²) in [6, 6.07) is 29.0. The first-order valence-corrected chi connectivity index (χ1v) is 14.2. The van der Waals surface area contributed by atoms with Crippen LogP contribution in [0.1, 0.15) is 33.6 Å². The summed E-state index contributed by atoms with van der Waals surface area (Å²) < 4.78 is 6.27. The maximum Gasteiger partial charge on any atom is 0.200 e. The summed E-state index contributed by atoms with van der Waals surface area (Å²) >= 11 is 1.69. The van der Waals surface area contributed by atoms with Crippen molar-refractivity contribution in [1.29, 1.82) is 0 Å². The van der Waals surface area contributed by atoms with Gasteiger partial charge < -0.3 is 14.4 Å². The van der Waals surface area contributed by atoms with E-state index in [1.54, 1.807) is 30.0 Å². The molecule has 7 heterocycles. The lowest BCUT2D eigenvalue weighted by atomic mass is 9.74. The second-order valence-electron chi connectivity index (χ2n) is 9.92. The van der Waals surface area contributed by atoms with Gasteiger partial charge in [-0.1, -0.05) is 30.3 Å². The van der Waals surface area contributed by atoms with Gasteiger partial charge in [0.25, 0.3) is 0 Å². The number of nitrogens with zero attached hydrogens (tertiary/aromatic N) is 4. The summed E-state index contributed by atoms with van der Waals surface area (Å²) in [5.41, 5.74) is 5.92. The zero-order valence-electron chi connectivity index (χ0n) is 21.8. The lowest BCUT2D eigenvalue weighted by molar-refractivity contribution is 0.450. The Bertz CT molecular complexity index is 1910. The molecule has 8 rings (SSSR count). The third-order valence-electron chi connectivity index (χ3n) is 7.77. The van der Waals surface area contributed by atoms with Crippen LogP contribution < -0.4 is 4.90 Å². The third kappa shape index (κ3) is 3.54. The number of pyridine rings is 1. The van der Waals surface area contributed by atoms with Crippen molar-refractivity contribution in [3.05, 3.63) is 155 Å². The zero-order valence-corrected chi connectivity index (χ0v) is 22.6. The normalized spacial score (nSPS) is 18.9. The Morgan fingerprint density at radius 3 is 2.54 bits per heavy atom. The molecule has 0 bridgehead atoms. The van der Waals surface area contributed by atoms with Crippen molar-refractivity contribution < 1.29 is 4.42 Å². The van der Waals surface area contributed by atoms with Crippen LogP contribution >= 0.6 is 11.3 Å². The van der Waals surface area contributed by atoms with Gasteiger partial charge in [0.05, 0.1) is 41.2 Å². The summed E-state index contributed by atoms with van der Waals surface area (Å²) in [4.78, 5) is 25.2. The fourth-order valence-corrected chi connectivity index (χ4v) is 7.20. The van der Waals surface area contributed by atoms with E-state index in [1.165, 1.54) is 0 Å². The van der Waals surface area contributed by atoms with Gasteiger partial charge in [-0.25, -0.2) is 0 Å². The Morgan fingerprint density at radius 1 is 0.854 bits per heavy atom. The SMILES string of the molecule is c1ccc(C2C(c3ccc[nH]3)=C(c3cc4ccccc4[nH]3)N(c3ccco3)C2(c2cnccn2)c2cccs2)nc1. The van der Waals surface area contributed by atoms with Crippen LogP contribution in [0.5, 0.6) is 0 Å². The maximum atomic E-state index is 6.27. The Kier molecular flexibility index (Phi) is 5.46. The van der Waals surface area contributed by atoms with Crippen LogP contribution in [-0.2, 0) is 5.54 Å². The number of hydrogen-bond acceptors (Lipinski definition) is 6. The number of hydrogen-bond donors (Lipinski definition) is 2. The lowest BCUT2D eigenvalue weighted by Gasteiger charge is -2.42. The molecule has 2 atom stereocenters. The molecule has 6 aromatic heterocycles. The minimum absolute atomic E-state index is 0.288. The minimum Gasteiger partial charge on any atom is -0.448 e. The van der Waals surface area contributed by atoms with Gasteiger partial charge in [0.1, 0.15) is 5.54 Å². The van der Waals surface area contributed by atoms with Crippen LogP contribution in [0.4, 0.5) is 5.88 Å². The predicted octanol–water partition coefficient (Wildman–Crippen LogP) is 7.45. The molecule has 7 aromatic rings. The van der Waals surface area contributed by atoms with Crippen molar-refractivity contribution in [2.75, 3.05) is 4.90 Å². The van der Waals surface area contributed by atoms with Crippen molar-refractivity contribution in [3.8, 4) is 0 Å². The average Bonchev–Trinajstić information content (AvgIpc) is 3.85. The molecular formula is C33H24N6OS. The highest BCUT2D eigenvalue weighted by molar-refractivity contribution is 7.10. The number of thiophene rings is 1. The molecule has 2 N–H and O–H groups in total. The molecule has 0 saturated heterocycles. The zero-order chi connectivity index (χ0) is 27.2. The molecular weight excluding hydrogens is 528 g/mol. The topological polar surface area (TPSA) is 86.6 Å². The monoisotopic (exact) mass is 552 g/mol. The number of furan rings is 1. The standard InChI is InChI=1S/C33H24N6OS/c1-2-9-23-22(8-1)20-26(38-23)32-30(24-11-5-15-35-24)31(25-10-3-4-14-36-25)33(28-12-7-19-41-28,27-21-34-16-17-37-27)39(32)29-13-6-18-40-29/h1-21,31,35,38H.